The normalized spacial score (nSPS) is 26.2. The van der Waals surface area contributed by atoms with Gasteiger partial charge in [0.1, 0.15) is 5.92 Å². The van der Waals surface area contributed by atoms with Crippen molar-refractivity contribution in [3.8, 4) is 6.07 Å². The molecule has 2 aliphatic rings. The van der Waals surface area contributed by atoms with Crippen LogP contribution in [0.5, 0.6) is 0 Å². The van der Waals surface area contributed by atoms with Gasteiger partial charge >= 0.3 is 0 Å². The number of hydrogen-bond donors (Lipinski definition) is 1. The van der Waals surface area contributed by atoms with Crippen LogP contribution in [0.25, 0.3) is 0 Å². The number of nitriles is 1. The van der Waals surface area contributed by atoms with E-state index in [0.717, 1.165) is 16.5 Å². The second-order valence-electron chi connectivity index (χ2n) is 6.51. The third-order valence-electron chi connectivity index (χ3n) is 4.99. The fourth-order valence-corrected chi connectivity index (χ4v) is 4.08. The topological polar surface area (TPSA) is 73.2 Å². The van der Waals surface area contributed by atoms with E-state index in [-0.39, 0.29) is 23.8 Å². The monoisotopic (exact) mass is 389 g/mol. The summed E-state index contributed by atoms with van der Waals surface area (Å²) in [6.07, 6.45) is 2.52. The van der Waals surface area contributed by atoms with Gasteiger partial charge in [-0.2, -0.15) is 5.26 Å². The van der Waals surface area contributed by atoms with E-state index in [1.165, 1.54) is 0 Å². The lowest BCUT2D eigenvalue weighted by molar-refractivity contribution is -0.135. The molecule has 0 bridgehead atoms. The van der Waals surface area contributed by atoms with E-state index in [0.29, 0.717) is 32.4 Å². The van der Waals surface area contributed by atoms with Gasteiger partial charge in [0.25, 0.3) is 0 Å². The van der Waals surface area contributed by atoms with Crippen molar-refractivity contribution < 1.29 is 9.59 Å². The Morgan fingerprint density at radius 3 is 2.96 bits per heavy atom. The number of nitrogens with zero attached hydrogens (tertiary/aromatic N) is 2. The first-order valence-electron chi connectivity index (χ1n) is 8.29. The summed E-state index contributed by atoms with van der Waals surface area (Å²) in [6, 6.07) is 10.1. The Bertz CT molecular complexity index is 685. The van der Waals surface area contributed by atoms with Crippen LogP contribution >= 0.6 is 15.9 Å². The van der Waals surface area contributed by atoms with Gasteiger partial charge in [0, 0.05) is 30.0 Å². The molecule has 0 aromatic heterocycles. The maximum atomic E-state index is 12.5. The molecule has 2 aliphatic heterocycles. The van der Waals surface area contributed by atoms with Gasteiger partial charge < -0.3 is 10.2 Å². The van der Waals surface area contributed by atoms with Crippen LogP contribution in [0.3, 0.4) is 0 Å². The molecule has 2 fully saturated rings. The summed E-state index contributed by atoms with van der Waals surface area (Å²) in [5.74, 6) is -0.405. The minimum atomic E-state index is -0.582. The molecule has 5 nitrogen and oxygen atoms in total. The van der Waals surface area contributed by atoms with Crippen molar-refractivity contribution >= 4 is 27.7 Å². The van der Waals surface area contributed by atoms with Crippen molar-refractivity contribution in [2.75, 3.05) is 13.1 Å². The Labute approximate surface area is 150 Å². The molecule has 2 saturated heterocycles. The lowest BCUT2D eigenvalue weighted by Gasteiger charge is -2.42. The van der Waals surface area contributed by atoms with Gasteiger partial charge in [-0.3, -0.25) is 9.59 Å². The molecule has 24 heavy (non-hydrogen) atoms. The highest BCUT2D eigenvalue weighted by Gasteiger charge is 2.39. The number of fused-ring (bicyclic) bond motifs is 1. The lowest BCUT2D eigenvalue weighted by atomic mass is 9.80. The largest absolute Gasteiger partial charge is 0.352 e. The minimum absolute atomic E-state index is 0.106. The quantitative estimate of drug-likeness (QED) is 0.861. The molecule has 3 atom stereocenters. The molecule has 3 rings (SSSR count). The van der Waals surface area contributed by atoms with Gasteiger partial charge in [-0.05, 0) is 36.8 Å². The van der Waals surface area contributed by atoms with Gasteiger partial charge in [-0.15, -0.1) is 0 Å². The number of amides is 2. The number of nitrogens with one attached hydrogen (secondary N) is 1. The first-order valence-corrected chi connectivity index (χ1v) is 9.09. The average Bonchev–Trinajstić information content (AvgIpc) is 2.59. The third-order valence-corrected chi connectivity index (χ3v) is 5.76. The van der Waals surface area contributed by atoms with Gasteiger partial charge in [-0.25, -0.2) is 0 Å². The number of rotatable bonds is 3. The number of carbonyl (C=O) groups excluding carboxylic acids is 2. The summed E-state index contributed by atoms with van der Waals surface area (Å²) in [6.45, 7) is 1.31. The molecule has 0 radical (unpaired) electrons. The second-order valence-corrected chi connectivity index (χ2v) is 7.37. The number of benzene rings is 1. The maximum absolute atomic E-state index is 12.5. The smallest absolute Gasteiger partial charge is 0.237 e. The lowest BCUT2D eigenvalue weighted by Crippen LogP contribution is -2.57. The molecule has 2 heterocycles. The number of halogens is 1. The van der Waals surface area contributed by atoms with Crippen LogP contribution in [-0.2, 0) is 16.0 Å². The first-order chi connectivity index (χ1) is 11.6. The van der Waals surface area contributed by atoms with Gasteiger partial charge in [0.05, 0.1) is 6.07 Å². The Kier molecular flexibility index (Phi) is 5.20. The Morgan fingerprint density at radius 1 is 1.42 bits per heavy atom. The summed E-state index contributed by atoms with van der Waals surface area (Å²) >= 11 is 3.51. The van der Waals surface area contributed by atoms with E-state index >= 15 is 0 Å². The molecule has 0 aliphatic carbocycles. The van der Waals surface area contributed by atoms with E-state index in [1.54, 1.807) is 0 Å². The zero-order valence-electron chi connectivity index (χ0n) is 13.4. The van der Waals surface area contributed by atoms with Crippen LogP contribution in [0.15, 0.2) is 28.7 Å². The molecule has 0 spiro atoms. The van der Waals surface area contributed by atoms with E-state index in [2.05, 4.69) is 27.3 Å². The van der Waals surface area contributed by atoms with E-state index in [4.69, 9.17) is 5.26 Å². The van der Waals surface area contributed by atoms with Crippen molar-refractivity contribution in [1.29, 1.82) is 5.26 Å². The second kappa shape index (κ2) is 7.35. The Morgan fingerprint density at radius 2 is 2.21 bits per heavy atom. The van der Waals surface area contributed by atoms with Crippen molar-refractivity contribution in [2.24, 2.45) is 11.8 Å². The highest BCUT2D eigenvalue weighted by molar-refractivity contribution is 9.10. The van der Waals surface area contributed by atoms with Gasteiger partial charge in [-0.1, -0.05) is 34.1 Å². The number of likely N-dealkylation sites (tertiary alicyclic amines) is 1. The molecule has 3 unspecified atom stereocenters. The fourth-order valence-electron chi connectivity index (χ4n) is 3.59. The van der Waals surface area contributed by atoms with E-state index in [1.807, 2.05) is 29.2 Å². The SMILES string of the molecule is N#CC1CC2CN(C(=O)CCc3ccccc3Br)CCC2NC1=O. The minimum Gasteiger partial charge on any atom is -0.352 e. The number of piperidine rings is 2. The molecule has 0 saturated carbocycles. The van der Waals surface area contributed by atoms with Crippen LogP contribution in [0.1, 0.15) is 24.8 Å². The molecule has 2 amide bonds. The Balaban J connectivity index is 1.56. The van der Waals surface area contributed by atoms with Crippen LogP contribution in [-0.4, -0.2) is 35.8 Å². The Hall–Kier alpha value is -1.87. The fraction of sp³-hybridized carbons (Fsp3) is 0.500. The van der Waals surface area contributed by atoms with E-state index in [9.17, 15) is 9.59 Å². The van der Waals surface area contributed by atoms with E-state index < -0.39 is 5.92 Å². The van der Waals surface area contributed by atoms with Crippen molar-refractivity contribution in [3.05, 3.63) is 34.3 Å². The zero-order chi connectivity index (χ0) is 17.1. The van der Waals surface area contributed by atoms with Crippen LogP contribution in [0.2, 0.25) is 0 Å². The molecule has 6 heteroatoms. The molecular formula is C18H20BrN3O2. The summed E-state index contributed by atoms with van der Waals surface area (Å²) in [5, 5.41) is 12.0. The molecule has 1 aromatic rings. The van der Waals surface area contributed by atoms with Crippen molar-refractivity contribution in [1.82, 2.24) is 10.2 Å². The number of aryl methyl sites for hydroxylation is 1. The summed E-state index contributed by atoms with van der Waals surface area (Å²) in [4.78, 5) is 26.2. The van der Waals surface area contributed by atoms with Crippen LogP contribution < -0.4 is 5.32 Å². The predicted octanol–water partition coefficient (Wildman–Crippen LogP) is 2.26. The highest BCUT2D eigenvalue weighted by atomic mass is 79.9. The standard InChI is InChI=1S/C18H20BrN3O2/c19-15-4-2-1-3-12(15)5-6-17(23)22-8-7-16-14(11-22)9-13(10-20)18(24)21-16/h1-4,13-14,16H,5-9,11H2,(H,21,24). The van der Waals surface area contributed by atoms with Crippen LogP contribution in [0.4, 0.5) is 0 Å². The van der Waals surface area contributed by atoms with Gasteiger partial charge in [0.15, 0.2) is 0 Å². The predicted molar refractivity (Wildman–Crippen MR) is 92.8 cm³/mol. The summed E-state index contributed by atoms with van der Waals surface area (Å²) < 4.78 is 1.03. The van der Waals surface area contributed by atoms with Crippen molar-refractivity contribution in [2.45, 2.75) is 31.7 Å². The third kappa shape index (κ3) is 3.62. The molecule has 1 aromatic carbocycles. The number of hydrogen-bond acceptors (Lipinski definition) is 3. The average molecular weight is 390 g/mol. The molecular weight excluding hydrogens is 370 g/mol. The zero-order valence-corrected chi connectivity index (χ0v) is 15.0. The van der Waals surface area contributed by atoms with Gasteiger partial charge in [0.2, 0.25) is 11.8 Å². The highest BCUT2D eigenvalue weighted by Crippen LogP contribution is 2.29. The molecule has 126 valence electrons. The summed E-state index contributed by atoms with van der Waals surface area (Å²) in [5.41, 5.74) is 1.13. The molecule has 1 N–H and O–H groups in total. The van der Waals surface area contributed by atoms with Crippen LogP contribution in [0, 0.1) is 23.2 Å². The number of carbonyl (C=O) groups is 2. The maximum Gasteiger partial charge on any atom is 0.237 e. The first kappa shape index (κ1) is 17.0. The summed E-state index contributed by atoms with van der Waals surface area (Å²) in [7, 11) is 0. The van der Waals surface area contributed by atoms with Crippen molar-refractivity contribution in [3.63, 3.8) is 0 Å².